The fourth-order valence-corrected chi connectivity index (χ4v) is 5.61. The van der Waals surface area contributed by atoms with E-state index in [4.69, 9.17) is 18.9 Å². The lowest BCUT2D eigenvalue weighted by Crippen LogP contribution is -2.39. The summed E-state index contributed by atoms with van der Waals surface area (Å²) in [5.41, 5.74) is 3.58. The Kier molecular flexibility index (Phi) is 9.10. The average molecular weight is 518 g/mol. The van der Waals surface area contributed by atoms with Crippen molar-refractivity contribution in [2.24, 2.45) is 0 Å². The van der Waals surface area contributed by atoms with Gasteiger partial charge in [0.15, 0.2) is 0 Å². The fraction of sp³-hybridized carbons (Fsp3) is 0.484. The van der Waals surface area contributed by atoms with Gasteiger partial charge in [-0.1, -0.05) is 24.3 Å². The van der Waals surface area contributed by atoms with E-state index in [-0.39, 0.29) is 6.10 Å². The third kappa shape index (κ3) is 6.83. The van der Waals surface area contributed by atoms with Gasteiger partial charge >= 0.3 is 0 Å². The standard InChI is InChI=1S/C31H39N3O4/c1-35-27-9-3-23(4-10-27)21-34(22-24-5-11-28(36-2)12-6-24)26-7-13-29(14-8-26)38-31-30(32-17-18-33-31)25-15-19-37-20-16-25/h3-6,9-12,17-18,25-26,29H,7-8,13-16,19-22H2,1-2H3/t26-,29-. The molecule has 5 rings (SSSR count). The third-order valence-electron chi connectivity index (χ3n) is 7.83. The summed E-state index contributed by atoms with van der Waals surface area (Å²) < 4.78 is 22.8. The predicted molar refractivity (Wildman–Crippen MR) is 147 cm³/mol. The van der Waals surface area contributed by atoms with E-state index in [1.807, 2.05) is 24.3 Å². The van der Waals surface area contributed by atoms with Crippen LogP contribution in [0.4, 0.5) is 0 Å². The predicted octanol–water partition coefficient (Wildman–Crippen LogP) is 5.78. The molecular weight excluding hydrogens is 478 g/mol. The molecule has 2 heterocycles. The molecule has 38 heavy (non-hydrogen) atoms. The Labute approximate surface area is 226 Å². The first-order valence-corrected chi connectivity index (χ1v) is 13.8. The maximum absolute atomic E-state index is 6.49. The Bertz CT molecular complexity index is 1080. The van der Waals surface area contributed by atoms with Crippen LogP contribution in [0.2, 0.25) is 0 Å². The van der Waals surface area contributed by atoms with Crippen LogP contribution < -0.4 is 14.2 Å². The monoisotopic (exact) mass is 517 g/mol. The molecule has 2 aliphatic rings. The summed E-state index contributed by atoms with van der Waals surface area (Å²) >= 11 is 0. The Morgan fingerprint density at radius 3 is 1.84 bits per heavy atom. The van der Waals surface area contributed by atoms with Crippen molar-refractivity contribution in [3.05, 3.63) is 77.7 Å². The molecule has 1 saturated heterocycles. The van der Waals surface area contributed by atoms with E-state index >= 15 is 0 Å². The van der Waals surface area contributed by atoms with Crippen molar-refractivity contribution in [2.75, 3.05) is 27.4 Å². The molecule has 202 valence electrons. The van der Waals surface area contributed by atoms with Gasteiger partial charge in [-0.15, -0.1) is 0 Å². The fourth-order valence-electron chi connectivity index (χ4n) is 5.61. The molecule has 0 radical (unpaired) electrons. The molecule has 1 aromatic heterocycles. The van der Waals surface area contributed by atoms with Gasteiger partial charge in [0.1, 0.15) is 23.3 Å². The van der Waals surface area contributed by atoms with Crippen LogP contribution in [0.3, 0.4) is 0 Å². The van der Waals surface area contributed by atoms with Crippen molar-refractivity contribution >= 4 is 0 Å². The van der Waals surface area contributed by atoms with E-state index in [0.717, 1.165) is 87.9 Å². The van der Waals surface area contributed by atoms with E-state index in [0.29, 0.717) is 12.0 Å². The molecule has 0 amide bonds. The van der Waals surface area contributed by atoms with Crippen molar-refractivity contribution in [2.45, 2.75) is 69.7 Å². The second-order valence-electron chi connectivity index (χ2n) is 10.3. The van der Waals surface area contributed by atoms with Crippen molar-refractivity contribution in [1.29, 1.82) is 0 Å². The number of rotatable bonds is 10. The summed E-state index contributed by atoms with van der Waals surface area (Å²) in [6.45, 7) is 3.35. The van der Waals surface area contributed by atoms with Gasteiger partial charge in [-0.2, -0.15) is 0 Å². The lowest BCUT2D eigenvalue weighted by Gasteiger charge is -2.37. The quantitative estimate of drug-likeness (QED) is 0.338. The minimum Gasteiger partial charge on any atom is -0.497 e. The van der Waals surface area contributed by atoms with E-state index in [9.17, 15) is 0 Å². The van der Waals surface area contributed by atoms with Crippen molar-refractivity contribution < 1.29 is 18.9 Å². The number of hydrogen-bond donors (Lipinski definition) is 0. The second kappa shape index (κ2) is 13.1. The highest BCUT2D eigenvalue weighted by Crippen LogP contribution is 2.34. The van der Waals surface area contributed by atoms with E-state index in [1.165, 1.54) is 11.1 Å². The van der Waals surface area contributed by atoms with Crippen LogP contribution in [-0.2, 0) is 17.8 Å². The largest absolute Gasteiger partial charge is 0.497 e. The van der Waals surface area contributed by atoms with Gasteiger partial charge < -0.3 is 18.9 Å². The van der Waals surface area contributed by atoms with Crippen LogP contribution in [0.15, 0.2) is 60.9 Å². The summed E-state index contributed by atoms with van der Waals surface area (Å²) in [6, 6.07) is 17.3. The van der Waals surface area contributed by atoms with Gasteiger partial charge in [-0.25, -0.2) is 4.98 Å². The smallest absolute Gasteiger partial charge is 0.236 e. The zero-order chi connectivity index (χ0) is 26.2. The van der Waals surface area contributed by atoms with Crippen LogP contribution >= 0.6 is 0 Å². The number of nitrogens with zero attached hydrogens (tertiary/aromatic N) is 3. The van der Waals surface area contributed by atoms with Crippen LogP contribution in [-0.4, -0.2) is 54.4 Å². The molecule has 0 spiro atoms. The molecule has 1 aliphatic carbocycles. The second-order valence-corrected chi connectivity index (χ2v) is 10.3. The van der Waals surface area contributed by atoms with Crippen LogP contribution in [0.25, 0.3) is 0 Å². The molecule has 0 atom stereocenters. The topological polar surface area (TPSA) is 65.9 Å². The Balaban J connectivity index is 1.24. The first-order valence-electron chi connectivity index (χ1n) is 13.8. The van der Waals surface area contributed by atoms with Crippen LogP contribution in [0.5, 0.6) is 17.4 Å². The average Bonchev–Trinajstić information content (AvgIpc) is 2.99. The molecule has 1 aliphatic heterocycles. The van der Waals surface area contributed by atoms with Crippen molar-refractivity contribution in [3.8, 4) is 17.4 Å². The molecule has 7 heteroatoms. The summed E-state index contributed by atoms with van der Waals surface area (Å²) in [4.78, 5) is 11.9. The highest BCUT2D eigenvalue weighted by Gasteiger charge is 2.29. The first kappa shape index (κ1) is 26.4. The summed E-state index contributed by atoms with van der Waals surface area (Å²) in [7, 11) is 3.41. The summed E-state index contributed by atoms with van der Waals surface area (Å²) in [5.74, 6) is 2.86. The van der Waals surface area contributed by atoms with Gasteiger partial charge in [-0.3, -0.25) is 9.88 Å². The van der Waals surface area contributed by atoms with Gasteiger partial charge in [0, 0.05) is 50.7 Å². The van der Waals surface area contributed by atoms with Crippen molar-refractivity contribution in [1.82, 2.24) is 14.9 Å². The minimum absolute atomic E-state index is 0.172. The molecule has 1 saturated carbocycles. The lowest BCUT2D eigenvalue weighted by molar-refractivity contribution is 0.0707. The van der Waals surface area contributed by atoms with E-state index < -0.39 is 0 Å². The number of benzene rings is 2. The zero-order valence-corrected chi connectivity index (χ0v) is 22.6. The Hall–Kier alpha value is -3.16. The maximum atomic E-state index is 6.49. The molecule has 2 aromatic carbocycles. The van der Waals surface area contributed by atoms with Gasteiger partial charge in [0.05, 0.1) is 14.2 Å². The third-order valence-corrected chi connectivity index (χ3v) is 7.83. The molecule has 0 N–H and O–H groups in total. The number of hydrogen-bond acceptors (Lipinski definition) is 7. The minimum atomic E-state index is 0.172. The molecule has 0 bridgehead atoms. The van der Waals surface area contributed by atoms with E-state index in [1.54, 1.807) is 26.6 Å². The lowest BCUT2D eigenvalue weighted by atomic mass is 9.91. The Morgan fingerprint density at radius 2 is 1.29 bits per heavy atom. The first-order chi connectivity index (χ1) is 18.7. The van der Waals surface area contributed by atoms with Crippen LogP contribution in [0, 0.1) is 0 Å². The van der Waals surface area contributed by atoms with Crippen LogP contribution in [0.1, 0.15) is 61.3 Å². The van der Waals surface area contributed by atoms with Gasteiger partial charge in [-0.05, 0) is 73.9 Å². The van der Waals surface area contributed by atoms with Crippen molar-refractivity contribution in [3.63, 3.8) is 0 Å². The van der Waals surface area contributed by atoms with Gasteiger partial charge in [0.2, 0.25) is 5.88 Å². The maximum Gasteiger partial charge on any atom is 0.236 e. The molecule has 2 fully saturated rings. The Morgan fingerprint density at radius 1 is 0.737 bits per heavy atom. The molecule has 3 aromatic rings. The molecular formula is C31H39N3O4. The highest BCUT2D eigenvalue weighted by molar-refractivity contribution is 5.29. The number of aromatic nitrogens is 2. The summed E-state index contributed by atoms with van der Waals surface area (Å²) in [5, 5.41) is 0. The van der Waals surface area contributed by atoms with Gasteiger partial charge in [0.25, 0.3) is 0 Å². The zero-order valence-electron chi connectivity index (χ0n) is 22.6. The molecule has 7 nitrogen and oxygen atoms in total. The SMILES string of the molecule is COc1ccc(CN(Cc2ccc(OC)cc2)[C@H]2CC[C@H](Oc3nccnc3C3CCOCC3)CC2)cc1. The number of methoxy groups -OCH3 is 2. The molecule has 0 unspecified atom stereocenters. The normalized spacial score (nSPS) is 20.3. The van der Waals surface area contributed by atoms with E-state index in [2.05, 4.69) is 39.1 Å². The summed E-state index contributed by atoms with van der Waals surface area (Å²) in [6.07, 6.45) is 9.85. The number of ether oxygens (including phenoxy) is 4. The highest BCUT2D eigenvalue weighted by atomic mass is 16.5.